The van der Waals surface area contributed by atoms with Crippen molar-refractivity contribution in [2.45, 2.75) is 13.8 Å². The molecule has 0 saturated carbocycles. The zero-order valence-corrected chi connectivity index (χ0v) is 7.36. The number of hydrogen-bond acceptors (Lipinski definition) is 4. The number of anilines is 1. The number of nitrogens with one attached hydrogen (secondary N) is 1. The van der Waals surface area contributed by atoms with Gasteiger partial charge in [0.05, 0.1) is 0 Å². The molecule has 1 aromatic heterocycles. The maximum absolute atomic E-state index is 10.8. The van der Waals surface area contributed by atoms with Gasteiger partial charge in [-0.15, -0.1) is 11.3 Å². The van der Waals surface area contributed by atoms with E-state index in [1.165, 1.54) is 18.3 Å². The molecule has 1 aromatic rings. The van der Waals surface area contributed by atoms with Gasteiger partial charge in [-0.25, -0.2) is 4.98 Å². The summed E-state index contributed by atoms with van der Waals surface area (Å²) in [5.41, 5.74) is 0.547. The Morgan fingerprint density at radius 2 is 2.55 bits per heavy atom. The maximum atomic E-state index is 10.8. The van der Waals surface area contributed by atoms with Crippen LogP contribution in [0.25, 0.3) is 0 Å². The molecule has 3 nitrogen and oxygen atoms in total. The Kier molecular flexibility index (Phi) is 2.59. The molecule has 1 rings (SSSR count). The van der Waals surface area contributed by atoms with Gasteiger partial charge >= 0.3 is 0 Å². The fraction of sp³-hybridized carbons (Fsp3) is 0.429. The molecule has 0 saturated heterocycles. The van der Waals surface area contributed by atoms with Gasteiger partial charge in [0.2, 0.25) is 0 Å². The number of hydrogen-bond donors (Lipinski definition) is 1. The Bertz CT molecular complexity index is 257. The largest absolute Gasteiger partial charge is 0.362 e. The number of nitrogens with zero attached hydrogens (tertiary/aromatic N) is 1. The van der Waals surface area contributed by atoms with Crippen LogP contribution in [0.4, 0.5) is 5.13 Å². The SMILES string of the molecule is CCNc1nc(C(C)=O)cs1. The highest BCUT2D eigenvalue weighted by molar-refractivity contribution is 7.13. The smallest absolute Gasteiger partial charge is 0.183 e. The fourth-order valence-corrected chi connectivity index (χ4v) is 1.49. The van der Waals surface area contributed by atoms with Crippen LogP contribution in [0.1, 0.15) is 24.3 Å². The molecule has 1 heterocycles. The molecule has 11 heavy (non-hydrogen) atoms. The van der Waals surface area contributed by atoms with Crippen LogP contribution in [0.2, 0.25) is 0 Å². The number of carbonyl (C=O) groups excluding carboxylic acids is 1. The average Bonchev–Trinajstić information content (AvgIpc) is 2.37. The number of thiazole rings is 1. The van der Waals surface area contributed by atoms with Crippen molar-refractivity contribution in [1.29, 1.82) is 0 Å². The molecule has 60 valence electrons. The summed E-state index contributed by atoms with van der Waals surface area (Å²) in [7, 11) is 0. The topological polar surface area (TPSA) is 42.0 Å². The summed E-state index contributed by atoms with van der Waals surface area (Å²) in [6.07, 6.45) is 0. The van der Waals surface area contributed by atoms with Crippen molar-refractivity contribution in [3.8, 4) is 0 Å². The lowest BCUT2D eigenvalue weighted by Crippen LogP contribution is -1.97. The van der Waals surface area contributed by atoms with Gasteiger partial charge in [0, 0.05) is 18.8 Å². The van der Waals surface area contributed by atoms with Crippen molar-refractivity contribution >= 4 is 22.3 Å². The minimum absolute atomic E-state index is 0.0189. The van der Waals surface area contributed by atoms with E-state index in [-0.39, 0.29) is 5.78 Å². The van der Waals surface area contributed by atoms with E-state index in [2.05, 4.69) is 10.3 Å². The van der Waals surface area contributed by atoms with Crippen molar-refractivity contribution in [3.05, 3.63) is 11.1 Å². The van der Waals surface area contributed by atoms with E-state index >= 15 is 0 Å². The van der Waals surface area contributed by atoms with Gasteiger partial charge in [0.25, 0.3) is 0 Å². The van der Waals surface area contributed by atoms with Crippen LogP contribution in [-0.4, -0.2) is 17.3 Å². The first-order valence-electron chi connectivity index (χ1n) is 3.44. The van der Waals surface area contributed by atoms with Crippen molar-refractivity contribution in [2.75, 3.05) is 11.9 Å². The zero-order chi connectivity index (χ0) is 8.27. The quantitative estimate of drug-likeness (QED) is 0.703. The van der Waals surface area contributed by atoms with Crippen LogP contribution < -0.4 is 5.32 Å². The molecule has 0 unspecified atom stereocenters. The fourth-order valence-electron chi connectivity index (χ4n) is 0.668. The van der Waals surface area contributed by atoms with E-state index in [1.54, 1.807) is 5.38 Å². The summed E-state index contributed by atoms with van der Waals surface area (Å²) in [4.78, 5) is 14.8. The van der Waals surface area contributed by atoms with Gasteiger partial charge in [0.15, 0.2) is 10.9 Å². The summed E-state index contributed by atoms with van der Waals surface area (Å²) in [5, 5.41) is 5.62. The van der Waals surface area contributed by atoms with Crippen LogP contribution in [0.5, 0.6) is 0 Å². The molecule has 0 radical (unpaired) electrons. The van der Waals surface area contributed by atoms with Gasteiger partial charge in [-0.1, -0.05) is 0 Å². The Balaban J connectivity index is 2.73. The average molecular weight is 170 g/mol. The lowest BCUT2D eigenvalue weighted by molar-refractivity contribution is 0.101. The van der Waals surface area contributed by atoms with Gasteiger partial charge in [-0.2, -0.15) is 0 Å². The molecule has 0 atom stereocenters. The van der Waals surface area contributed by atoms with Crippen LogP contribution >= 0.6 is 11.3 Å². The lowest BCUT2D eigenvalue weighted by atomic mass is 10.4. The molecule has 0 aliphatic rings. The van der Waals surface area contributed by atoms with E-state index in [0.717, 1.165) is 11.7 Å². The summed E-state index contributed by atoms with van der Waals surface area (Å²) in [6, 6.07) is 0. The van der Waals surface area contributed by atoms with Crippen LogP contribution in [0, 0.1) is 0 Å². The second-order valence-corrected chi connectivity index (χ2v) is 2.98. The third-order valence-corrected chi connectivity index (χ3v) is 1.99. The van der Waals surface area contributed by atoms with Gasteiger partial charge in [-0.05, 0) is 6.92 Å². The summed E-state index contributed by atoms with van der Waals surface area (Å²) >= 11 is 1.46. The summed E-state index contributed by atoms with van der Waals surface area (Å²) in [6.45, 7) is 4.35. The second kappa shape index (κ2) is 3.48. The molecule has 0 fully saturated rings. The molecule has 0 bridgehead atoms. The van der Waals surface area contributed by atoms with Gasteiger partial charge in [-0.3, -0.25) is 4.79 Å². The number of ketones is 1. The van der Waals surface area contributed by atoms with Crippen LogP contribution in [0.3, 0.4) is 0 Å². The van der Waals surface area contributed by atoms with Crippen LogP contribution in [-0.2, 0) is 0 Å². The molecule has 0 amide bonds. The number of Topliss-reactive ketones (excluding diaryl/α,β-unsaturated/α-hetero) is 1. The molecule has 4 heteroatoms. The predicted octanol–water partition coefficient (Wildman–Crippen LogP) is 1.78. The molecule has 0 spiro atoms. The Hall–Kier alpha value is -0.900. The minimum Gasteiger partial charge on any atom is -0.362 e. The van der Waals surface area contributed by atoms with Gasteiger partial charge in [0.1, 0.15) is 5.69 Å². The number of carbonyl (C=O) groups is 1. The van der Waals surface area contributed by atoms with Crippen molar-refractivity contribution in [2.24, 2.45) is 0 Å². The maximum Gasteiger partial charge on any atom is 0.183 e. The Morgan fingerprint density at radius 3 is 3.00 bits per heavy atom. The first-order valence-corrected chi connectivity index (χ1v) is 4.32. The third-order valence-electron chi connectivity index (χ3n) is 1.19. The Morgan fingerprint density at radius 1 is 1.82 bits per heavy atom. The van der Waals surface area contributed by atoms with Crippen molar-refractivity contribution in [3.63, 3.8) is 0 Å². The first kappa shape index (κ1) is 8.20. The molecule has 1 N–H and O–H groups in total. The highest BCUT2D eigenvalue weighted by atomic mass is 32.1. The summed E-state index contributed by atoms with van der Waals surface area (Å²) in [5.74, 6) is 0.0189. The molecule has 0 aliphatic heterocycles. The number of rotatable bonds is 3. The second-order valence-electron chi connectivity index (χ2n) is 2.12. The van der Waals surface area contributed by atoms with E-state index in [1.807, 2.05) is 6.92 Å². The minimum atomic E-state index is 0.0189. The van der Waals surface area contributed by atoms with E-state index in [4.69, 9.17) is 0 Å². The Labute approximate surface area is 69.5 Å². The third kappa shape index (κ3) is 2.01. The zero-order valence-electron chi connectivity index (χ0n) is 6.55. The van der Waals surface area contributed by atoms with E-state index < -0.39 is 0 Å². The first-order chi connectivity index (χ1) is 5.24. The lowest BCUT2D eigenvalue weighted by Gasteiger charge is -1.92. The summed E-state index contributed by atoms with van der Waals surface area (Å²) < 4.78 is 0. The predicted molar refractivity (Wildman–Crippen MR) is 46.3 cm³/mol. The molecule has 0 aliphatic carbocycles. The molecular weight excluding hydrogens is 160 g/mol. The molecule has 0 aromatic carbocycles. The highest BCUT2D eigenvalue weighted by Crippen LogP contribution is 2.14. The normalized spacial score (nSPS) is 9.64. The van der Waals surface area contributed by atoms with E-state index in [9.17, 15) is 4.79 Å². The standard InChI is InChI=1S/C7H10N2OS/c1-3-8-7-9-6(4-11-7)5(2)10/h4H,3H2,1-2H3,(H,8,9). The van der Waals surface area contributed by atoms with Crippen molar-refractivity contribution in [1.82, 2.24) is 4.98 Å². The molecular formula is C7H10N2OS. The number of aromatic nitrogens is 1. The van der Waals surface area contributed by atoms with Gasteiger partial charge < -0.3 is 5.32 Å². The highest BCUT2D eigenvalue weighted by Gasteiger charge is 2.03. The van der Waals surface area contributed by atoms with Crippen molar-refractivity contribution < 1.29 is 4.79 Å². The van der Waals surface area contributed by atoms with E-state index in [0.29, 0.717) is 5.69 Å². The monoisotopic (exact) mass is 170 g/mol. The van der Waals surface area contributed by atoms with Crippen LogP contribution in [0.15, 0.2) is 5.38 Å².